The summed E-state index contributed by atoms with van der Waals surface area (Å²) in [5.41, 5.74) is 0.512. The molecule has 1 N–H and O–H groups in total. The Morgan fingerprint density at radius 1 is 1.38 bits per heavy atom. The van der Waals surface area contributed by atoms with Crippen LogP contribution in [0.5, 0.6) is 11.6 Å². The van der Waals surface area contributed by atoms with Crippen molar-refractivity contribution in [1.29, 1.82) is 0 Å². The maximum atomic E-state index is 12.9. The third-order valence-corrected chi connectivity index (χ3v) is 3.43. The molecule has 0 amide bonds. The van der Waals surface area contributed by atoms with Crippen LogP contribution in [0.2, 0.25) is 0 Å². The number of aromatic nitrogens is 2. The average molecular weight is 304 g/mol. The third kappa shape index (κ3) is 2.77. The molecular weight excluding hydrogens is 295 g/mol. The molecule has 2 heterocycles. The summed E-state index contributed by atoms with van der Waals surface area (Å²) >= 11 is 1.40. The Kier molecular flexibility index (Phi) is 3.41. The zero-order valence-electron chi connectivity index (χ0n) is 10.6. The van der Waals surface area contributed by atoms with Crippen LogP contribution in [0, 0.1) is 5.82 Å². The van der Waals surface area contributed by atoms with Gasteiger partial charge in [0.05, 0.1) is 0 Å². The summed E-state index contributed by atoms with van der Waals surface area (Å²) < 4.78 is 20.2. The van der Waals surface area contributed by atoms with Crippen molar-refractivity contribution in [1.82, 2.24) is 9.38 Å². The Bertz CT molecular complexity index is 820. The molecule has 0 spiro atoms. The van der Waals surface area contributed by atoms with Crippen molar-refractivity contribution < 1.29 is 19.0 Å². The molecule has 0 aliphatic heterocycles. The molecule has 3 rings (SSSR count). The number of nitrogens with zero attached hydrogens (tertiary/aromatic N) is 2. The first-order chi connectivity index (χ1) is 10.1. The molecule has 0 saturated heterocycles. The Labute approximate surface area is 122 Å². The normalized spacial score (nSPS) is 11.3. The number of rotatable bonds is 4. The van der Waals surface area contributed by atoms with E-state index in [1.54, 1.807) is 10.6 Å². The zero-order valence-corrected chi connectivity index (χ0v) is 11.4. The summed E-state index contributed by atoms with van der Waals surface area (Å²) in [5, 5.41) is 10.6. The number of aliphatic carboxylic acids is 1. The maximum absolute atomic E-state index is 12.9. The van der Waals surface area contributed by atoms with E-state index in [0.717, 1.165) is 6.08 Å². The second-order valence-electron chi connectivity index (χ2n) is 4.09. The van der Waals surface area contributed by atoms with Crippen LogP contribution in [0.25, 0.3) is 11.0 Å². The highest BCUT2D eigenvalue weighted by atomic mass is 32.1. The number of carboxylic acid groups (broad SMARTS) is 1. The lowest BCUT2D eigenvalue weighted by Gasteiger charge is -2.03. The molecule has 2 aromatic heterocycles. The molecule has 3 aromatic rings. The van der Waals surface area contributed by atoms with Crippen LogP contribution in [0.15, 0.2) is 41.9 Å². The van der Waals surface area contributed by atoms with Gasteiger partial charge in [-0.1, -0.05) is 0 Å². The van der Waals surface area contributed by atoms with Crippen LogP contribution >= 0.6 is 11.3 Å². The second kappa shape index (κ2) is 5.37. The summed E-state index contributed by atoms with van der Waals surface area (Å²) in [5.74, 6) is -0.731. The highest BCUT2D eigenvalue weighted by molar-refractivity contribution is 7.15. The van der Waals surface area contributed by atoms with Gasteiger partial charge in [-0.2, -0.15) is 4.98 Å². The van der Waals surface area contributed by atoms with Gasteiger partial charge in [-0.15, -0.1) is 11.3 Å². The number of carbonyl (C=O) groups is 1. The van der Waals surface area contributed by atoms with Gasteiger partial charge in [-0.3, -0.25) is 4.40 Å². The van der Waals surface area contributed by atoms with Crippen LogP contribution in [0.4, 0.5) is 4.39 Å². The van der Waals surface area contributed by atoms with E-state index in [-0.39, 0.29) is 11.7 Å². The molecule has 5 nitrogen and oxygen atoms in total. The van der Waals surface area contributed by atoms with Crippen molar-refractivity contribution in [2.24, 2.45) is 0 Å². The minimum Gasteiger partial charge on any atom is -0.478 e. The highest BCUT2D eigenvalue weighted by Crippen LogP contribution is 2.28. The molecule has 0 saturated carbocycles. The summed E-state index contributed by atoms with van der Waals surface area (Å²) in [6, 6.07) is 5.52. The van der Waals surface area contributed by atoms with E-state index in [1.807, 2.05) is 5.38 Å². The smallest absolute Gasteiger partial charge is 0.328 e. The first-order valence-electron chi connectivity index (χ1n) is 5.93. The predicted molar refractivity (Wildman–Crippen MR) is 76.2 cm³/mol. The van der Waals surface area contributed by atoms with Gasteiger partial charge in [-0.05, 0) is 30.3 Å². The van der Waals surface area contributed by atoms with Gasteiger partial charge in [0.1, 0.15) is 17.3 Å². The molecule has 0 aliphatic rings. The van der Waals surface area contributed by atoms with Crippen molar-refractivity contribution in [3.63, 3.8) is 0 Å². The van der Waals surface area contributed by atoms with E-state index >= 15 is 0 Å². The van der Waals surface area contributed by atoms with Crippen LogP contribution < -0.4 is 4.74 Å². The van der Waals surface area contributed by atoms with Gasteiger partial charge in [0.25, 0.3) is 0 Å². The topological polar surface area (TPSA) is 63.8 Å². The standard InChI is InChI=1S/C14H9FN2O3S/c15-9-1-3-10(4-2-9)20-13-11(5-6-12(18)19)17-7-8-21-14(17)16-13/h1-8H,(H,18,19)/b6-5+. The lowest BCUT2D eigenvalue weighted by molar-refractivity contribution is -0.131. The minimum atomic E-state index is -1.06. The fourth-order valence-electron chi connectivity index (χ4n) is 1.77. The molecule has 0 unspecified atom stereocenters. The maximum Gasteiger partial charge on any atom is 0.328 e. The van der Waals surface area contributed by atoms with Gasteiger partial charge in [0.15, 0.2) is 4.96 Å². The largest absolute Gasteiger partial charge is 0.478 e. The monoisotopic (exact) mass is 304 g/mol. The van der Waals surface area contributed by atoms with Crippen LogP contribution in [-0.4, -0.2) is 20.5 Å². The first-order valence-corrected chi connectivity index (χ1v) is 6.81. The molecule has 0 bridgehead atoms. The van der Waals surface area contributed by atoms with Crippen LogP contribution in [-0.2, 0) is 4.79 Å². The average Bonchev–Trinajstić information content (AvgIpc) is 3.00. The molecule has 0 radical (unpaired) electrons. The van der Waals surface area contributed by atoms with E-state index in [0.29, 0.717) is 16.4 Å². The van der Waals surface area contributed by atoms with Crippen LogP contribution in [0.3, 0.4) is 0 Å². The molecule has 106 valence electrons. The summed E-state index contributed by atoms with van der Waals surface area (Å²) in [6.45, 7) is 0. The molecule has 0 fully saturated rings. The SMILES string of the molecule is O=C(O)/C=C/c1c(Oc2ccc(F)cc2)nc2sccn12. The van der Waals surface area contributed by atoms with E-state index in [4.69, 9.17) is 9.84 Å². The molecule has 0 aliphatic carbocycles. The van der Waals surface area contributed by atoms with Gasteiger partial charge in [0, 0.05) is 17.7 Å². The van der Waals surface area contributed by atoms with Crippen molar-refractivity contribution in [2.75, 3.05) is 0 Å². The zero-order chi connectivity index (χ0) is 14.8. The number of fused-ring (bicyclic) bond motifs is 1. The summed E-state index contributed by atoms with van der Waals surface area (Å²) in [6.07, 6.45) is 4.19. The lowest BCUT2D eigenvalue weighted by Crippen LogP contribution is -1.91. The van der Waals surface area contributed by atoms with Crippen molar-refractivity contribution in [2.45, 2.75) is 0 Å². The van der Waals surface area contributed by atoms with Gasteiger partial charge in [0.2, 0.25) is 5.88 Å². The number of hydrogen-bond donors (Lipinski definition) is 1. The van der Waals surface area contributed by atoms with E-state index in [9.17, 15) is 9.18 Å². The Morgan fingerprint density at radius 3 is 2.86 bits per heavy atom. The number of ether oxygens (including phenoxy) is 1. The Morgan fingerprint density at radius 2 is 2.14 bits per heavy atom. The van der Waals surface area contributed by atoms with E-state index < -0.39 is 5.97 Å². The van der Waals surface area contributed by atoms with E-state index in [2.05, 4.69) is 4.98 Å². The molecular formula is C14H9FN2O3S. The molecule has 21 heavy (non-hydrogen) atoms. The molecule has 0 atom stereocenters. The van der Waals surface area contributed by atoms with Gasteiger partial charge >= 0.3 is 5.97 Å². The van der Waals surface area contributed by atoms with Gasteiger partial charge < -0.3 is 9.84 Å². The van der Waals surface area contributed by atoms with Crippen LogP contribution in [0.1, 0.15) is 5.69 Å². The number of imidazole rings is 1. The Balaban J connectivity index is 2.00. The highest BCUT2D eigenvalue weighted by Gasteiger charge is 2.13. The summed E-state index contributed by atoms with van der Waals surface area (Å²) in [4.78, 5) is 15.6. The number of hydrogen-bond acceptors (Lipinski definition) is 4. The predicted octanol–water partition coefficient (Wildman–Crippen LogP) is 3.43. The van der Waals surface area contributed by atoms with Gasteiger partial charge in [-0.25, -0.2) is 9.18 Å². The Hall–Kier alpha value is -2.67. The fraction of sp³-hybridized carbons (Fsp3) is 0. The number of benzene rings is 1. The quantitative estimate of drug-likeness (QED) is 0.750. The lowest BCUT2D eigenvalue weighted by atomic mass is 10.3. The van der Waals surface area contributed by atoms with E-state index in [1.165, 1.54) is 41.7 Å². The number of halogens is 1. The van der Waals surface area contributed by atoms with Crippen molar-refractivity contribution >= 4 is 28.3 Å². The van der Waals surface area contributed by atoms with Crippen molar-refractivity contribution in [3.8, 4) is 11.6 Å². The number of carboxylic acids is 1. The third-order valence-electron chi connectivity index (χ3n) is 2.68. The molecule has 7 heteroatoms. The summed E-state index contributed by atoms with van der Waals surface area (Å²) in [7, 11) is 0. The minimum absolute atomic E-state index is 0.269. The second-order valence-corrected chi connectivity index (χ2v) is 4.96. The molecule has 1 aromatic carbocycles. The first kappa shape index (κ1) is 13.3. The fourth-order valence-corrected chi connectivity index (χ4v) is 2.49. The number of thiazole rings is 1. The van der Waals surface area contributed by atoms with Crippen molar-refractivity contribution in [3.05, 3.63) is 53.4 Å².